The maximum absolute atomic E-state index is 12.8. The molecule has 0 heterocycles. The van der Waals surface area contributed by atoms with Crippen LogP contribution in [-0.2, 0) is 17.5 Å². The van der Waals surface area contributed by atoms with Crippen LogP contribution in [-0.4, -0.2) is 7.11 Å². The Morgan fingerprint density at radius 3 is 2.52 bits per heavy atom. The molecule has 0 bridgehead atoms. The molecule has 0 saturated heterocycles. The zero-order valence-electron chi connectivity index (χ0n) is 11.4. The van der Waals surface area contributed by atoms with Gasteiger partial charge in [-0.1, -0.05) is 18.2 Å². The molecule has 3 nitrogen and oxygen atoms in total. The van der Waals surface area contributed by atoms with Crippen molar-refractivity contribution in [3.8, 4) is 0 Å². The molecule has 2 aromatic carbocycles. The molecule has 112 valence electrons. The van der Waals surface area contributed by atoms with Crippen molar-refractivity contribution in [1.29, 1.82) is 0 Å². The summed E-state index contributed by atoms with van der Waals surface area (Å²) in [6.45, 7) is 0.365. The number of rotatable bonds is 4. The van der Waals surface area contributed by atoms with Crippen LogP contribution in [0, 0.1) is 0 Å². The van der Waals surface area contributed by atoms with Crippen LogP contribution < -0.4 is 11.1 Å². The molecule has 2 aromatic rings. The van der Waals surface area contributed by atoms with Crippen LogP contribution in [0.3, 0.4) is 0 Å². The minimum Gasteiger partial charge on any atom is -0.398 e. The predicted molar refractivity (Wildman–Crippen MR) is 76.3 cm³/mol. The average molecular weight is 296 g/mol. The van der Waals surface area contributed by atoms with E-state index in [9.17, 15) is 13.2 Å². The van der Waals surface area contributed by atoms with E-state index in [0.717, 1.165) is 11.6 Å². The SMILES string of the molecule is COCc1ccccc1Nc1ccc(N)c(C(F)(F)F)c1. The van der Waals surface area contributed by atoms with Crippen LogP contribution in [0.4, 0.5) is 30.2 Å². The predicted octanol–water partition coefficient (Wildman–Crippen LogP) is 4.18. The highest BCUT2D eigenvalue weighted by molar-refractivity contribution is 5.67. The molecule has 2 rings (SSSR count). The summed E-state index contributed by atoms with van der Waals surface area (Å²) in [5.74, 6) is 0. The van der Waals surface area contributed by atoms with Crippen LogP contribution >= 0.6 is 0 Å². The zero-order chi connectivity index (χ0) is 15.5. The first-order chi connectivity index (χ1) is 9.91. The Morgan fingerprint density at radius 1 is 1.14 bits per heavy atom. The Kier molecular flexibility index (Phi) is 4.37. The molecular formula is C15H15F3N2O. The lowest BCUT2D eigenvalue weighted by Crippen LogP contribution is -2.09. The fourth-order valence-electron chi connectivity index (χ4n) is 1.96. The van der Waals surface area contributed by atoms with Gasteiger partial charge in [-0.3, -0.25) is 0 Å². The molecule has 0 aliphatic heterocycles. The van der Waals surface area contributed by atoms with Crippen molar-refractivity contribution in [3.05, 3.63) is 53.6 Å². The number of para-hydroxylation sites is 1. The molecule has 0 atom stereocenters. The first-order valence-electron chi connectivity index (χ1n) is 6.22. The number of nitrogens with one attached hydrogen (secondary N) is 1. The van der Waals surface area contributed by atoms with E-state index in [2.05, 4.69) is 5.32 Å². The number of benzene rings is 2. The van der Waals surface area contributed by atoms with Gasteiger partial charge in [-0.2, -0.15) is 13.2 Å². The van der Waals surface area contributed by atoms with Gasteiger partial charge < -0.3 is 15.8 Å². The summed E-state index contributed by atoms with van der Waals surface area (Å²) >= 11 is 0. The van der Waals surface area contributed by atoms with E-state index in [1.54, 1.807) is 19.2 Å². The number of hydrogen-bond acceptors (Lipinski definition) is 3. The third-order valence-electron chi connectivity index (χ3n) is 2.95. The first kappa shape index (κ1) is 15.2. The number of anilines is 3. The second-order valence-corrected chi connectivity index (χ2v) is 4.51. The number of nitrogens with two attached hydrogens (primary N) is 1. The minimum atomic E-state index is -4.48. The summed E-state index contributed by atoms with van der Waals surface area (Å²) in [6.07, 6.45) is -4.48. The summed E-state index contributed by atoms with van der Waals surface area (Å²) < 4.78 is 43.6. The number of alkyl halides is 3. The van der Waals surface area contributed by atoms with Gasteiger partial charge >= 0.3 is 6.18 Å². The monoisotopic (exact) mass is 296 g/mol. The highest BCUT2D eigenvalue weighted by atomic mass is 19.4. The number of hydrogen-bond donors (Lipinski definition) is 2. The van der Waals surface area contributed by atoms with E-state index < -0.39 is 11.7 Å². The maximum Gasteiger partial charge on any atom is 0.418 e. The van der Waals surface area contributed by atoms with Gasteiger partial charge in [0.1, 0.15) is 0 Å². The Balaban J connectivity index is 2.33. The molecular weight excluding hydrogens is 281 g/mol. The number of methoxy groups -OCH3 is 1. The Hall–Kier alpha value is -2.21. The number of nitrogen functional groups attached to an aromatic ring is 1. The van der Waals surface area contributed by atoms with Crippen molar-refractivity contribution in [2.75, 3.05) is 18.2 Å². The molecule has 0 aliphatic carbocycles. The number of halogens is 3. The van der Waals surface area contributed by atoms with E-state index in [0.29, 0.717) is 18.0 Å². The summed E-state index contributed by atoms with van der Waals surface area (Å²) in [7, 11) is 1.56. The van der Waals surface area contributed by atoms with Gasteiger partial charge in [0.15, 0.2) is 0 Å². The zero-order valence-corrected chi connectivity index (χ0v) is 11.4. The summed E-state index contributed by atoms with van der Waals surface area (Å²) in [6, 6.07) is 11.0. The third kappa shape index (κ3) is 3.66. The summed E-state index contributed by atoms with van der Waals surface area (Å²) in [5.41, 5.74) is 6.10. The molecule has 0 spiro atoms. The van der Waals surface area contributed by atoms with E-state index in [1.807, 2.05) is 12.1 Å². The lowest BCUT2D eigenvalue weighted by Gasteiger charge is -2.15. The van der Waals surface area contributed by atoms with E-state index in [-0.39, 0.29) is 5.69 Å². The van der Waals surface area contributed by atoms with E-state index >= 15 is 0 Å². The quantitative estimate of drug-likeness (QED) is 0.832. The Labute approximate surface area is 120 Å². The van der Waals surface area contributed by atoms with Gasteiger partial charge in [-0.05, 0) is 24.3 Å². The second kappa shape index (κ2) is 6.05. The van der Waals surface area contributed by atoms with Crippen molar-refractivity contribution < 1.29 is 17.9 Å². The minimum absolute atomic E-state index is 0.293. The van der Waals surface area contributed by atoms with E-state index in [4.69, 9.17) is 10.5 Å². The maximum atomic E-state index is 12.8. The first-order valence-corrected chi connectivity index (χ1v) is 6.22. The van der Waals surface area contributed by atoms with Crippen LogP contribution in [0.1, 0.15) is 11.1 Å². The van der Waals surface area contributed by atoms with Crippen LogP contribution in [0.2, 0.25) is 0 Å². The molecule has 0 aromatic heterocycles. The molecule has 0 unspecified atom stereocenters. The van der Waals surface area contributed by atoms with Gasteiger partial charge in [-0.25, -0.2) is 0 Å². The Morgan fingerprint density at radius 2 is 1.86 bits per heavy atom. The summed E-state index contributed by atoms with van der Waals surface area (Å²) in [4.78, 5) is 0. The molecule has 0 saturated carbocycles. The fraction of sp³-hybridized carbons (Fsp3) is 0.200. The lowest BCUT2D eigenvalue weighted by molar-refractivity contribution is -0.136. The van der Waals surface area contributed by atoms with Crippen LogP contribution in [0.15, 0.2) is 42.5 Å². The van der Waals surface area contributed by atoms with Crippen LogP contribution in [0.5, 0.6) is 0 Å². The van der Waals surface area contributed by atoms with Crippen molar-refractivity contribution in [1.82, 2.24) is 0 Å². The topological polar surface area (TPSA) is 47.3 Å². The molecule has 0 amide bonds. The molecule has 6 heteroatoms. The molecule has 0 aliphatic rings. The third-order valence-corrected chi connectivity index (χ3v) is 2.95. The van der Waals surface area contributed by atoms with Crippen molar-refractivity contribution in [3.63, 3.8) is 0 Å². The average Bonchev–Trinajstić information content (AvgIpc) is 2.42. The highest BCUT2D eigenvalue weighted by Gasteiger charge is 2.33. The van der Waals surface area contributed by atoms with Gasteiger partial charge in [-0.15, -0.1) is 0 Å². The Bertz CT molecular complexity index is 627. The smallest absolute Gasteiger partial charge is 0.398 e. The number of ether oxygens (including phenoxy) is 1. The van der Waals surface area contributed by atoms with Crippen molar-refractivity contribution in [2.45, 2.75) is 12.8 Å². The lowest BCUT2D eigenvalue weighted by atomic mass is 10.1. The van der Waals surface area contributed by atoms with Gasteiger partial charge in [0.25, 0.3) is 0 Å². The molecule has 0 fully saturated rings. The molecule has 21 heavy (non-hydrogen) atoms. The standard InChI is InChI=1S/C15H15F3N2O/c1-21-9-10-4-2-3-5-14(10)20-11-6-7-13(19)12(8-11)15(16,17)18/h2-8,20H,9,19H2,1H3. The highest BCUT2D eigenvalue weighted by Crippen LogP contribution is 2.36. The van der Waals surface area contributed by atoms with Gasteiger partial charge in [0.05, 0.1) is 12.2 Å². The fourth-order valence-corrected chi connectivity index (χ4v) is 1.96. The molecule has 3 N–H and O–H groups in total. The molecule has 0 radical (unpaired) electrons. The summed E-state index contributed by atoms with van der Waals surface area (Å²) in [5, 5.41) is 2.96. The van der Waals surface area contributed by atoms with Crippen LogP contribution in [0.25, 0.3) is 0 Å². The normalized spacial score (nSPS) is 11.4. The van der Waals surface area contributed by atoms with Gasteiger partial charge in [0.2, 0.25) is 0 Å². The van der Waals surface area contributed by atoms with Crippen molar-refractivity contribution in [2.24, 2.45) is 0 Å². The second-order valence-electron chi connectivity index (χ2n) is 4.51. The van der Waals surface area contributed by atoms with Crippen molar-refractivity contribution >= 4 is 17.1 Å². The van der Waals surface area contributed by atoms with Gasteiger partial charge in [0, 0.05) is 29.7 Å². The van der Waals surface area contributed by atoms with E-state index in [1.165, 1.54) is 12.1 Å². The largest absolute Gasteiger partial charge is 0.418 e.